The van der Waals surface area contributed by atoms with Crippen molar-refractivity contribution in [3.05, 3.63) is 0 Å². The van der Waals surface area contributed by atoms with Gasteiger partial charge in [0.2, 0.25) is 6.41 Å². The van der Waals surface area contributed by atoms with Crippen LogP contribution in [-0.4, -0.2) is 35.2 Å². The van der Waals surface area contributed by atoms with Crippen LogP contribution in [0.5, 0.6) is 0 Å². The fraction of sp³-hybridized carbons (Fsp3) is 0.857. The van der Waals surface area contributed by atoms with E-state index in [0.29, 0.717) is 13.0 Å². The molecule has 5 nitrogen and oxygen atoms in total. The minimum Gasteiger partial charge on any atom is -0.457 e. The fourth-order valence-corrected chi connectivity index (χ4v) is 2.52. The van der Waals surface area contributed by atoms with Crippen LogP contribution in [0.25, 0.3) is 0 Å². The minimum atomic E-state index is -0.587. The molecule has 0 aromatic carbocycles. The predicted molar refractivity (Wildman–Crippen MR) is 71.2 cm³/mol. The van der Waals surface area contributed by atoms with Gasteiger partial charge in [-0.1, -0.05) is 6.42 Å². The topological polar surface area (TPSA) is 55.8 Å². The Balaban J connectivity index is 2.74. The molecule has 0 aliphatic heterocycles. The fourth-order valence-electron chi connectivity index (χ4n) is 2.52. The van der Waals surface area contributed by atoms with E-state index in [1.165, 1.54) is 12.0 Å². The van der Waals surface area contributed by atoms with Gasteiger partial charge in [-0.05, 0) is 46.5 Å². The molecule has 1 saturated carbocycles. The molecule has 0 radical (unpaired) electrons. The van der Waals surface area contributed by atoms with Crippen LogP contribution >= 0.6 is 0 Å². The number of ether oxygens (including phenoxy) is 1. The molecule has 0 unspecified atom stereocenters. The Morgan fingerprint density at radius 2 is 1.84 bits per heavy atom. The molecule has 1 aliphatic rings. The average Bonchev–Trinajstić information content (AvgIpc) is 2.26. The molecule has 1 amide bonds. The maximum atomic E-state index is 11.3. The summed E-state index contributed by atoms with van der Waals surface area (Å²) in [6.45, 7) is 7.34. The summed E-state index contributed by atoms with van der Waals surface area (Å²) in [5, 5.41) is 1.26. The lowest BCUT2D eigenvalue weighted by Crippen LogP contribution is -2.48. The summed E-state index contributed by atoms with van der Waals surface area (Å²) in [6, 6.07) is 0. The van der Waals surface area contributed by atoms with E-state index in [9.17, 15) is 9.59 Å². The molecule has 1 rings (SSSR count). The molecular formula is C14H25NO4. The first-order chi connectivity index (χ1) is 8.76. The summed E-state index contributed by atoms with van der Waals surface area (Å²) in [7, 11) is 0. The highest BCUT2D eigenvalue weighted by molar-refractivity contribution is 5.66. The van der Waals surface area contributed by atoms with E-state index in [1.807, 2.05) is 20.8 Å². The van der Waals surface area contributed by atoms with Gasteiger partial charge in [0, 0.05) is 6.92 Å². The number of hydrogen-bond donors (Lipinski definition) is 0. The summed E-state index contributed by atoms with van der Waals surface area (Å²) in [4.78, 5) is 28.0. The van der Waals surface area contributed by atoms with Crippen LogP contribution < -0.4 is 0 Å². The molecule has 0 aromatic heterocycles. The number of hydroxylamine groups is 2. The Bertz CT molecular complexity index is 316. The van der Waals surface area contributed by atoms with Gasteiger partial charge in [-0.25, -0.2) is 5.06 Å². The second-order valence-corrected chi connectivity index (χ2v) is 6.22. The number of rotatable bonds is 5. The molecule has 1 aliphatic carbocycles. The Kier molecular flexibility index (Phi) is 5.35. The van der Waals surface area contributed by atoms with Gasteiger partial charge in [-0.15, -0.1) is 0 Å². The number of carbonyl (C=O) groups excluding carboxylic acids is 2. The molecule has 0 N–H and O–H groups in total. The smallest absolute Gasteiger partial charge is 0.303 e. The van der Waals surface area contributed by atoms with Gasteiger partial charge in [0.1, 0.15) is 5.60 Å². The third kappa shape index (κ3) is 5.59. The normalized spacial score (nSPS) is 18.7. The third-order valence-corrected chi connectivity index (χ3v) is 3.08. The van der Waals surface area contributed by atoms with Crippen molar-refractivity contribution in [2.24, 2.45) is 0 Å². The van der Waals surface area contributed by atoms with Crippen molar-refractivity contribution in [3.63, 3.8) is 0 Å². The lowest BCUT2D eigenvalue weighted by atomic mass is 9.84. The summed E-state index contributed by atoms with van der Waals surface area (Å²) in [5.41, 5.74) is -1.04. The van der Waals surface area contributed by atoms with Crippen LogP contribution in [0.4, 0.5) is 0 Å². The first kappa shape index (κ1) is 16.0. The first-order valence-electron chi connectivity index (χ1n) is 6.87. The molecule has 0 aromatic rings. The highest BCUT2D eigenvalue weighted by atomic mass is 16.7. The molecular weight excluding hydrogens is 246 g/mol. The third-order valence-electron chi connectivity index (χ3n) is 3.08. The van der Waals surface area contributed by atoms with Crippen molar-refractivity contribution in [1.29, 1.82) is 0 Å². The largest absolute Gasteiger partial charge is 0.457 e. The summed E-state index contributed by atoms with van der Waals surface area (Å²) in [6.07, 6.45) is 5.38. The molecule has 19 heavy (non-hydrogen) atoms. The van der Waals surface area contributed by atoms with Crippen molar-refractivity contribution >= 4 is 12.4 Å². The van der Waals surface area contributed by atoms with Gasteiger partial charge in [-0.3, -0.25) is 14.4 Å². The molecule has 0 atom stereocenters. The Hall–Kier alpha value is -1.10. The zero-order valence-corrected chi connectivity index (χ0v) is 12.4. The number of esters is 1. The summed E-state index contributed by atoms with van der Waals surface area (Å²) in [5.74, 6) is -0.302. The molecule has 0 heterocycles. The lowest BCUT2D eigenvalue weighted by molar-refractivity contribution is -0.237. The Labute approximate surface area is 115 Å². The number of nitrogens with zero attached hydrogens (tertiary/aromatic N) is 1. The van der Waals surface area contributed by atoms with Gasteiger partial charge in [0.25, 0.3) is 0 Å². The van der Waals surface area contributed by atoms with Crippen molar-refractivity contribution in [1.82, 2.24) is 5.06 Å². The van der Waals surface area contributed by atoms with Gasteiger partial charge in [0.05, 0.1) is 12.1 Å². The molecule has 0 spiro atoms. The molecule has 5 heteroatoms. The van der Waals surface area contributed by atoms with Crippen molar-refractivity contribution in [2.45, 2.75) is 71.0 Å². The van der Waals surface area contributed by atoms with E-state index < -0.39 is 11.2 Å². The first-order valence-corrected chi connectivity index (χ1v) is 6.87. The number of amides is 1. The van der Waals surface area contributed by atoms with Crippen LogP contribution in [0, 0.1) is 0 Å². The van der Waals surface area contributed by atoms with E-state index >= 15 is 0 Å². The average molecular weight is 271 g/mol. The summed E-state index contributed by atoms with van der Waals surface area (Å²) < 4.78 is 5.51. The van der Waals surface area contributed by atoms with Gasteiger partial charge < -0.3 is 4.74 Å². The molecule has 0 saturated heterocycles. The van der Waals surface area contributed by atoms with E-state index in [-0.39, 0.29) is 5.97 Å². The van der Waals surface area contributed by atoms with Crippen LogP contribution in [0.3, 0.4) is 0 Å². The van der Waals surface area contributed by atoms with Crippen LogP contribution in [0.15, 0.2) is 0 Å². The minimum absolute atomic E-state index is 0.299. The standard InChI is InChI=1S/C14H25NO4/c1-12(17)18-14(8-6-5-7-9-14)10-15(11-16)19-13(2,3)4/h11H,5-10H2,1-4H3. The Morgan fingerprint density at radius 3 is 2.26 bits per heavy atom. The second-order valence-electron chi connectivity index (χ2n) is 6.22. The number of hydrogen-bond acceptors (Lipinski definition) is 4. The van der Waals surface area contributed by atoms with Gasteiger partial charge >= 0.3 is 5.97 Å². The van der Waals surface area contributed by atoms with E-state index in [4.69, 9.17) is 9.57 Å². The SMILES string of the molecule is CC(=O)OC1(CN(C=O)OC(C)(C)C)CCCCC1. The second kappa shape index (κ2) is 6.37. The predicted octanol–water partition coefficient (Wildman–Crippen LogP) is 2.44. The molecule has 0 bridgehead atoms. The quantitative estimate of drug-likeness (QED) is 0.438. The van der Waals surface area contributed by atoms with E-state index in [2.05, 4.69) is 0 Å². The Morgan fingerprint density at radius 1 is 1.26 bits per heavy atom. The van der Waals surface area contributed by atoms with Gasteiger partial charge in [-0.2, -0.15) is 0 Å². The monoisotopic (exact) mass is 271 g/mol. The van der Waals surface area contributed by atoms with Crippen LogP contribution in [-0.2, 0) is 19.2 Å². The van der Waals surface area contributed by atoms with Gasteiger partial charge in [0.15, 0.2) is 0 Å². The highest BCUT2D eigenvalue weighted by Crippen LogP contribution is 2.33. The van der Waals surface area contributed by atoms with Crippen molar-refractivity contribution in [3.8, 4) is 0 Å². The van der Waals surface area contributed by atoms with E-state index in [0.717, 1.165) is 32.1 Å². The summed E-state index contributed by atoms with van der Waals surface area (Å²) >= 11 is 0. The van der Waals surface area contributed by atoms with E-state index in [1.54, 1.807) is 0 Å². The van der Waals surface area contributed by atoms with Crippen LogP contribution in [0.1, 0.15) is 59.8 Å². The zero-order valence-electron chi connectivity index (χ0n) is 12.4. The van der Waals surface area contributed by atoms with Crippen molar-refractivity contribution in [2.75, 3.05) is 6.54 Å². The lowest BCUT2D eigenvalue weighted by Gasteiger charge is -2.40. The molecule has 1 fully saturated rings. The van der Waals surface area contributed by atoms with Crippen LogP contribution in [0.2, 0.25) is 0 Å². The molecule has 110 valence electrons. The zero-order chi connectivity index (χ0) is 14.5. The maximum absolute atomic E-state index is 11.3. The highest BCUT2D eigenvalue weighted by Gasteiger charge is 2.38. The maximum Gasteiger partial charge on any atom is 0.303 e. The number of carbonyl (C=O) groups is 2. The van der Waals surface area contributed by atoms with Crippen molar-refractivity contribution < 1.29 is 19.2 Å².